The van der Waals surface area contributed by atoms with Gasteiger partial charge in [-0.25, -0.2) is 4.99 Å². The first-order chi connectivity index (χ1) is 17.1. The number of benzene rings is 3. The number of amidine groups is 1. The molecule has 1 saturated heterocycles. The average Bonchev–Trinajstić information content (AvgIpc) is 3.05. The van der Waals surface area contributed by atoms with Gasteiger partial charge in [0, 0.05) is 31.7 Å². The number of fused-ring (bicyclic) bond motifs is 2. The summed E-state index contributed by atoms with van der Waals surface area (Å²) in [6.45, 7) is 4.09. The van der Waals surface area contributed by atoms with E-state index in [0.717, 1.165) is 34.1 Å². The van der Waals surface area contributed by atoms with Crippen LogP contribution in [0.5, 0.6) is 23.0 Å². The van der Waals surface area contributed by atoms with Gasteiger partial charge in [-0.3, -0.25) is 4.79 Å². The van der Waals surface area contributed by atoms with Crippen molar-refractivity contribution in [2.45, 2.75) is 19.4 Å². The van der Waals surface area contributed by atoms with Crippen LogP contribution in [-0.2, 0) is 11.2 Å². The van der Waals surface area contributed by atoms with Crippen LogP contribution in [-0.4, -0.2) is 61.4 Å². The molecular formula is C28H29N3O4. The predicted molar refractivity (Wildman–Crippen MR) is 135 cm³/mol. The number of methoxy groups -OCH3 is 2. The number of amides is 1. The standard InChI is InChI=1S/C28H29N3O4/c1-19-18-30(14-15-31(19)27(32)16-20-8-10-21(33-2)11-9-20)28-23-13-12-22(34-3)17-26(23)35-25-7-5-4-6-24(25)29-28/h4-13,17,19H,14-16,18H2,1-3H3. The predicted octanol–water partition coefficient (Wildman–Crippen LogP) is 4.66. The first-order valence-corrected chi connectivity index (χ1v) is 11.8. The second-order valence-electron chi connectivity index (χ2n) is 8.77. The second-order valence-corrected chi connectivity index (χ2v) is 8.77. The van der Waals surface area contributed by atoms with Crippen molar-refractivity contribution < 1.29 is 19.0 Å². The minimum Gasteiger partial charge on any atom is -0.497 e. The number of carbonyl (C=O) groups is 1. The molecule has 7 nitrogen and oxygen atoms in total. The highest BCUT2D eigenvalue weighted by Crippen LogP contribution is 2.39. The van der Waals surface area contributed by atoms with Gasteiger partial charge in [0.2, 0.25) is 5.91 Å². The number of nitrogens with zero attached hydrogens (tertiary/aromatic N) is 3. The molecule has 3 aromatic rings. The molecule has 0 radical (unpaired) electrons. The molecule has 1 amide bonds. The van der Waals surface area contributed by atoms with Gasteiger partial charge in [-0.2, -0.15) is 0 Å². The smallest absolute Gasteiger partial charge is 0.227 e. The van der Waals surface area contributed by atoms with Crippen LogP contribution in [0.3, 0.4) is 0 Å². The first-order valence-electron chi connectivity index (χ1n) is 11.8. The number of hydrogen-bond acceptors (Lipinski definition) is 6. The van der Waals surface area contributed by atoms with Crippen LogP contribution in [0.1, 0.15) is 18.1 Å². The molecule has 2 aliphatic heterocycles. The molecule has 2 aliphatic rings. The van der Waals surface area contributed by atoms with Gasteiger partial charge in [-0.1, -0.05) is 24.3 Å². The van der Waals surface area contributed by atoms with Crippen LogP contribution in [0.25, 0.3) is 0 Å². The molecule has 35 heavy (non-hydrogen) atoms. The van der Waals surface area contributed by atoms with E-state index in [0.29, 0.717) is 37.6 Å². The number of hydrogen-bond donors (Lipinski definition) is 0. The number of aliphatic imine (C=N–C) groups is 1. The Kier molecular flexibility index (Phi) is 6.31. The Labute approximate surface area is 205 Å². The molecule has 1 unspecified atom stereocenters. The highest BCUT2D eigenvalue weighted by atomic mass is 16.5. The number of ether oxygens (including phenoxy) is 3. The van der Waals surface area contributed by atoms with Crippen LogP contribution in [0, 0.1) is 0 Å². The molecule has 0 spiro atoms. The van der Waals surface area contributed by atoms with Gasteiger partial charge >= 0.3 is 0 Å². The average molecular weight is 472 g/mol. The highest BCUT2D eigenvalue weighted by molar-refractivity contribution is 6.04. The van der Waals surface area contributed by atoms with Gasteiger partial charge < -0.3 is 24.0 Å². The van der Waals surface area contributed by atoms with Crippen molar-refractivity contribution in [1.82, 2.24) is 9.80 Å². The molecule has 0 N–H and O–H groups in total. The van der Waals surface area contributed by atoms with Gasteiger partial charge in [0.05, 0.1) is 26.2 Å². The number of rotatable bonds is 4. The quantitative estimate of drug-likeness (QED) is 0.554. The minimum atomic E-state index is 0.0401. The zero-order valence-corrected chi connectivity index (χ0v) is 20.2. The summed E-state index contributed by atoms with van der Waals surface area (Å²) in [5, 5.41) is 0. The zero-order chi connectivity index (χ0) is 24.4. The van der Waals surface area contributed by atoms with Crippen LogP contribution in [0.4, 0.5) is 5.69 Å². The van der Waals surface area contributed by atoms with Crippen molar-refractivity contribution in [3.05, 3.63) is 77.9 Å². The molecular weight excluding hydrogens is 442 g/mol. The van der Waals surface area contributed by atoms with Crippen molar-refractivity contribution in [1.29, 1.82) is 0 Å². The molecule has 1 atom stereocenters. The summed E-state index contributed by atoms with van der Waals surface area (Å²) in [6.07, 6.45) is 0.374. The third-order valence-electron chi connectivity index (χ3n) is 6.50. The number of carbonyl (C=O) groups excluding carboxylic acids is 1. The number of piperazine rings is 1. The zero-order valence-electron chi connectivity index (χ0n) is 20.2. The molecule has 1 fully saturated rings. The third kappa shape index (κ3) is 4.67. The van der Waals surface area contributed by atoms with E-state index in [1.165, 1.54) is 0 Å². The van der Waals surface area contributed by atoms with Crippen molar-refractivity contribution in [2.75, 3.05) is 33.9 Å². The lowest BCUT2D eigenvalue weighted by Gasteiger charge is -2.41. The van der Waals surface area contributed by atoms with E-state index in [2.05, 4.69) is 11.8 Å². The van der Waals surface area contributed by atoms with E-state index in [9.17, 15) is 4.79 Å². The maximum Gasteiger partial charge on any atom is 0.227 e. The molecule has 7 heteroatoms. The third-order valence-corrected chi connectivity index (χ3v) is 6.50. The van der Waals surface area contributed by atoms with Crippen molar-refractivity contribution in [3.8, 4) is 23.0 Å². The Morgan fingerprint density at radius 1 is 0.971 bits per heavy atom. The van der Waals surface area contributed by atoms with Gasteiger partial charge in [0.15, 0.2) is 5.75 Å². The Morgan fingerprint density at radius 3 is 2.46 bits per heavy atom. The van der Waals surface area contributed by atoms with Crippen LogP contribution in [0.15, 0.2) is 71.7 Å². The summed E-state index contributed by atoms with van der Waals surface area (Å²) in [5.41, 5.74) is 2.67. The Morgan fingerprint density at radius 2 is 1.71 bits per heavy atom. The van der Waals surface area contributed by atoms with Crippen molar-refractivity contribution >= 4 is 17.4 Å². The Hall–Kier alpha value is -4.00. The highest BCUT2D eigenvalue weighted by Gasteiger charge is 2.31. The van der Waals surface area contributed by atoms with E-state index >= 15 is 0 Å². The maximum absolute atomic E-state index is 13.1. The molecule has 5 rings (SSSR count). The maximum atomic E-state index is 13.1. The van der Waals surface area contributed by atoms with E-state index in [4.69, 9.17) is 19.2 Å². The van der Waals surface area contributed by atoms with Crippen LogP contribution < -0.4 is 14.2 Å². The summed E-state index contributed by atoms with van der Waals surface area (Å²) >= 11 is 0. The molecule has 180 valence electrons. The Balaban J connectivity index is 1.37. The van der Waals surface area contributed by atoms with Gasteiger partial charge in [-0.05, 0) is 48.9 Å². The molecule has 0 bridgehead atoms. The normalized spacial score (nSPS) is 16.9. The lowest BCUT2D eigenvalue weighted by atomic mass is 10.1. The SMILES string of the molecule is COc1ccc(CC(=O)N2CCN(C3=Nc4ccccc4Oc4cc(OC)ccc43)CC2C)cc1. The number of para-hydroxylation sites is 2. The van der Waals surface area contributed by atoms with Gasteiger partial charge in [-0.15, -0.1) is 0 Å². The van der Waals surface area contributed by atoms with E-state index < -0.39 is 0 Å². The van der Waals surface area contributed by atoms with E-state index in [1.807, 2.05) is 71.6 Å². The fourth-order valence-corrected chi connectivity index (χ4v) is 4.61. The summed E-state index contributed by atoms with van der Waals surface area (Å²) in [5.74, 6) is 3.91. The summed E-state index contributed by atoms with van der Waals surface area (Å²) < 4.78 is 16.9. The largest absolute Gasteiger partial charge is 0.497 e. The second kappa shape index (κ2) is 9.70. The lowest BCUT2D eigenvalue weighted by Crippen LogP contribution is -2.55. The summed E-state index contributed by atoms with van der Waals surface area (Å²) in [4.78, 5) is 22.3. The topological polar surface area (TPSA) is 63.6 Å². The van der Waals surface area contributed by atoms with Crippen LogP contribution in [0.2, 0.25) is 0 Å². The van der Waals surface area contributed by atoms with Crippen molar-refractivity contribution in [2.24, 2.45) is 4.99 Å². The molecule has 2 heterocycles. The van der Waals surface area contributed by atoms with Crippen LogP contribution >= 0.6 is 0 Å². The fraction of sp³-hybridized carbons (Fsp3) is 0.286. The molecule has 0 aliphatic carbocycles. The summed E-state index contributed by atoms with van der Waals surface area (Å²) in [7, 11) is 3.28. The van der Waals surface area contributed by atoms with Gasteiger partial charge in [0.25, 0.3) is 0 Å². The summed E-state index contributed by atoms with van der Waals surface area (Å²) in [6, 6.07) is 21.3. The molecule has 3 aromatic carbocycles. The molecule has 0 aromatic heterocycles. The monoisotopic (exact) mass is 471 g/mol. The molecule has 0 saturated carbocycles. The van der Waals surface area contributed by atoms with Gasteiger partial charge in [0.1, 0.15) is 28.8 Å². The first kappa shape index (κ1) is 22.8. The fourth-order valence-electron chi connectivity index (χ4n) is 4.61. The Bertz CT molecular complexity index is 1260. The minimum absolute atomic E-state index is 0.0401. The van der Waals surface area contributed by atoms with Crippen molar-refractivity contribution in [3.63, 3.8) is 0 Å². The van der Waals surface area contributed by atoms with E-state index in [-0.39, 0.29) is 11.9 Å². The lowest BCUT2D eigenvalue weighted by molar-refractivity contribution is -0.134. The van der Waals surface area contributed by atoms with E-state index in [1.54, 1.807) is 14.2 Å².